The predicted molar refractivity (Wildman–Crippen MR) is 131 cm³/mol. The lowest BCUT2D eigenvalue weighted by Gasteiger charge is -2.22. The molecule has 2 heterocycles. The number of hydrogen-bond acceptors (Lipinski definition) is 5. The Morgan fingerprint density at radius 2 is 1.70 bits per heavy atom. The van der Waals surface area contributed by atoms with E-state index in [1.165, 1.54) is 24.0 Å². The van der Waals surface area contributed by atoms with Crippen LogP contribution in [-0.4, -0.2) is 37.4 Å². The third-order valence-corrected chi connectivity index (χ3v) is 6.40. The van der Waals surface area contributed by atoms with Gasteiger partial charge in [-0.15, -0.1) is 0 Å². The van der Waals surface area contributed by atoms with Gasteiger partial charge < -0.3 is 4.74 Å². The molecule has 6 nitrogen and oxygen atoms in total. The van der Waals surface area contributed by atoms with Crippen LogP contribution in [0.2, 0.25) is 0 Å². The van der Waals surface area contributed by atoms with Gasteiger partial charge in [0.2, 0.25) is 0 Å². The van der Waals surface area contributed by atoms with Gasteiger partial charge in [0.15, 0.2) is 10.6 Å². The van der Waals surface area contributed by atoms with Crippen LogP contribution in [0, 0.1) is 4.77 Å². The molecule has 0 N–H and O–H groups in total. The van der Waals surface area contributed by atoms with Crippen molar-refractivity contribution in [3.8, 4) is 17.1 Å². The summed E-state index contributed by atoms with van der Waals surface area (Å²) in [5, 5.41) is 4.98. The molecule has 2 aromatic carbocycles. The minimum Gasteiger partial charge on any atom is -0.497 e. The first kappa shape index (κ1) is 21.6. The zero-order valence-corrected chi connectivity index (χ0v) is 19.5. The standard InChI is InChI=1S/C26H27N5OS/c1-32-24-11-7-21(8-12-24)17-29(23-9-10-23)19-31-26(33)30(18-20-5-3-2-4-6-20)25(28-31)22-13-15-27-16-14-22/h2-8,11-16,23H,9-10,17-19H2,1H3. The minimum absolute atomic E-state index is 0.567. The van der Waals surface area contributed by atoms with E-state index < -0.39 is 0 Å². The van der Waals surface area contributed by atoms with Crippen LogP contribution in [0.1, 0.15) is 24.0 Å². The van der Waals surface area contributed by atoms with E-state index in [9.17, 15) is 0 Å². The summed E-state index contributed by atoms with van der Waals surface area (Å²) in [6.07, 6.45) is 6.02. The van der Waals surface area contributed by atoms with E-state index in [-0.39, 0.29) is 0 Å². The summed E-state index contributed by atoms with van der Waals surface area (Å²) >= 11 is 5.94. The van der Waals surface area contributed by atoms with E-state index in [0.29, 0.717) is 19.3 Å². The van der Waals surface area contributed by atoms with Gasteiger partial charge in [0.1, 0.15) is 5.75 Å². The molecule has 2 aromatic heterocycles. The van der Waals surface area contributed by atoms with Crippen molar-refractivity contribution in [3.63, 3.8) is 0 Å². The Morgan fingerprint density at radius 3 is 2.36 bits per heavy atom. The van der Waals surface area contributed by atoms with Crippen LogP contribution in [0.3, 0.4) is 0 Å². The highest BCUT2D eigenvalue weighted by atomic mass is 32.1. The van der Waals surface area contributed by atoms with Crippen LogP contribution in [0.4, 0.5) is 0 Å². The van der Waals surface area contributed by atoms with Crippen molar-refractivity contribution >= 4 is 12.2 Å². The fraction of sp³-hybridized carbons (Fsp3) is 0.269. The maximum atomic E-state index is 5.94. The van der Waals surface area contributed by atoms with E-state index >= 15 is 0 Å². The second-order valence-corrected chi connectivity index (χ2v) is 8.75. The van der Waals surface area contributed by atoms with Crippen molar-refractivity contribution < 1.29 is 4.74 Å². The van der Waals surface area contributed by atoms with Crippen molar-refractivity contribution in [1.29, 1.82) is 0 Å². The lowest BCUT2D eigenvalue weighted by Crippen LogP contribution is -2.29. The molecule has 7 heteroatoms. The van der Waals surface area contributed by atoms with E-state index in [1.807, 2.05) is 35.0 Å². The summed E-state index contributed by atoms with van der Waals surface area (Å²) in [5.74, 6) is 1.74. The molecule has 0 saturated heterocycles. The molecule has 1 aliphatic carbocycles. The molecule has 1 aliphatic rings. The SMILES string of the molecule is COc1ccc(CN(Cn2nc(-c3ccncc3)n(Cc3ccccc3)c2=S)C2CC2)cc1. The number of aromatic nitrogens is 4. The van der Waals surface area contributed by atoms with E-state index in [1.54, 1.807) is 19.5 Å². The Labute approximate surface area is 199 Å². The molecule has 5 rings (SSSR count). The summed E-state index contributed by atoms with van der Waals surface area (Å²) in [5.41, 5.74) is 3.46. The largest absolute Gasteiger partial charge is 0.497 e. The van der Waals surface area contributed by atoms with E-state index in [4.69, 9.17) is 22.1 Å². The van der Waals surface area contributed by atoms with Crippen LogP contribution in [0.25, 0.3) is 11.4 Å². The highest BCUT2D eigenvalue weighted by molar-refractivity contribution is 7.71. The monoisotopic (exact) mass is 457 g/mol. The lowest BCUT2D eigenvalue weighted by atomic mass is 10.2. The van der Waals surface area contributed by atoms with Crippen LogP contribution in [-0.2, 0) is 19.8 Å². The second-order valence-electron chi connectivity index (χ2n) is 8.38. The smallest absolute Gasteiger partial charge is 0.199 e. The Bertz CT molecular complexity index is 1250. The molecule has 0 amide bonds. The van der Waals surface area contributed by atoms with E-state index in [2.05, 4.69) is 50.8 Å². The third-order valence-electron chi connectivity index (χ3n) is 5.97. The van der Waals surface area contributed by atoms with Gasteiger partial charge >= 0.3 is 0 Å². The Morgan fingerprint density at radius 1 is 0.970 bits per heavy atom. The molecule has 0 unspecified atom stereocenters. The van der Waals surface area contributed by atoms with Crippen molar-refractivity contribution in [3.05, 3.63) is 95.0 Å². The highest BCUT2D eigenvalue weighted by Gasteiger charge is 2.30. The first-order valence-electron chi connectivity index (χ1n) is 11.2. The first-order chi connectivity index (χ1) is 16.2. The maximum absolute atomic E-state index is 5.94. The van der Waals surface area contributed by atoms with Gasteiger partial charge in [0, 0.05) is 30.5 Å². The van der Waals surface area contributed by atoms with Crippen molar-refractivity contribution in [2.45, 2.75) is 38.6 Å². The van der Waals surface area contributed by atoms with Gasteiger partial charge in [-0.2, -0.15) is 5.10 Å². The molecule has 33 heavy (non-hydrogen) atoms. The highest BCUT2D eigenvalue weighted by Crippen LogP contribution is 2.30. The Kier molecular flexibility index (Phi) is 6.32. The van der Waals surface area contributed by atoms with Crippen molar-refractivity contribution in [1.82, 2.24) is 24.2 Å². The molecule has 0 atom stereocenters. The predicted octanol–water partition coefficient (Wildman–Crippen LogP) is 5.16. The van der Waals surface area contributed by atoms with Gasteiger partial charge in [-0.1, -0.05) is 42.5 Å². The zero-order chi connectivity index (χ0) is 22.6. The summed E-state index contributed by atoms with van der Waals surface area (Å²) in [7, 11) is 1.69. The normalized spacial score (nSPS) is 13.4. The number of benzene rings is 2. The Balaban J connectivity index is 1.45. The molecule has 4 aromatic rings. The zero-order valence-electron chi connectivity index (χ0n) is 18.7. The average Bonchev–Trinajstić information content (AvgIpc) is 3.67. The van der Waals surface area contributed by atoms with Crippen molar-refractivity contribution in [2.75, 3.05) is 7.11 Å². The molecule has 0 aliphatic heterocycles. The molecule has 0 bridgehead atoms. The summed E-state index contributed by atoms with van der Waals surface area (Å²) in [6.45, 7) is 2.20. The van der Waals surface area contributed by atoms with Crippen LogP contribution in [0.5, 0.6) is 5.75 Å². The molecule has 0 spiro atoms. The van der Waals surface area contributed by atoms with Crippen LogP contribution in [0.15, 0.2) is 79.1 Å². The number of rotatable bonds is 9. The molecule has 1 fully saturated rings. The van der Waals surface area contributed by atoms with Gasteiger partial charge in [0.05, 0.1) is 20.3 Å². The van der Waals surface area contributed by atoms with E-state index in [0.717, 1.165) is 28.5 Å². The number of pyridine rings is 1. The first-order valence-corrected chi connectivity index (χ1v) is 11.6. The van der Waals surface area contributed by atoms with Gasteiger partial charge in [-0.3, -0.25) is 14.5 Å². The van der Waals surface area contributed by atoms with Crippen LogP contribution >= 0.6 is 12.2 Å². The Hall–Kier alpha value is -3.29. The molecule has 168 valence electrons. The topological polar surface area (TPSA) is 48.1 Å². The van der Waals surface area contributed by atoms with Gasteiger partial charge in [0.25, 0.3) is 0 Å². The number of methoxy groups -OCH3 is 1. The fourth-order valence-corrected chi connectivity index (χ4v) is 4.28. The fourth-order valence-electron chi connectivity index (χ4n) is 4.03. The van der Waals surface area contributed by atoms with Gasteiger partial charge in [-0.05, 0) is 60.5 Å². The minimum atomic E-state index is 0.567. The van der Waals surface area contributed by atoms with Gasteiger partial charge in [-0.25, -0.2) is 4.68 Å². The third kappa shape index (κ3) is 5.05. The molecule has 1 saturated carbocycles. The summed E-state index contributed by atoms with van der Waals surface area (Å²) in [4.78, 5) is 6.63. The average molecular weight is 458 g/mol. The maximum Gasteiger partial charge on any atom is 0.199 e. The molecular formula is C26H27N5OS. The van der Waals surface area contributed by atoms with Crippen molar-refractivity contribution in [2.24, 2.45) is 0 Å². The molecular weight excluding hydrogens is 430 g/mol. The number of ether oxygens (including phenoxy) is 1. The quantitative estimate of drug-likeness (QED) is 0.325. The van der Waals surface area contributed by atoms with Crippen LogP contribution < -0.4 is 4.74 Å². The lowest BCUT2D eigenvalue weighted by molar-refractivity contribution is 0.186. The molecule has 0 radical (unpaired) electrons. The second kappa shape index (κ2) is 9.68. The number of hydrogen-bond donors (Lipinski definition) is 0. The summed E-state index contributed by atoms with van der Waals surface area (Å²) < 4.78 is 10.1. The number of nitrogens with zero attached hydrogens (tertiary/aromatic N) is 5. The summed E-state index contributed by atoms with van der Waals surface area (Å²) in [6, 6.07) is 23.2.